The van der Waals surface area contributed by atoms with Crippen molar-refractivity contribution in [3.8, 4) is 0 Å². The summed E-state index contributed by atoms with van der Waals surface area (Å²) in [6.07, 6.45) is 13.3. The molecule has 1 saturated heterocycles. The van der Waals surface area contributed by atoms with Gasteiger partial charge >= 0.3 is 0 Å². The van der Waals surface area contributed by atoms with E-state index in [2.05, 4.69) is 69.6 Å². The topological polar surface area (TPSA) is 26.6 Å². The van der Waals surface area contributed by atoms with Crippen LogP contribution in [0.15, 0.2) is 59.5 Å². The fourth-order valence-electron chi connectivity index (χ4n) is 2.88. The van der Waals surface area contributed by atoms with Gasteiger partial charge in [-0.2, -0.15) is 0 Å². The summed E-state index contributed by atoms with van der Waals surface area (Å²) < 4.78 is 1.93. The predicted octanol–water partition coefficient (Wildman–Crippen LogP) is 3.75. The second-order valence-electron chi connectivity index (χ2n) is 6.93. The molecule has 5 heteroatoms. The average Bonchev–Trinajstić information content (AvgIpc) is 3.13. The standard InChI is InChI=1S/C15H23N2O.C7H11N.V/c1-6-13(11-16(3)4)8-7-9-14-10-12(2)15(18)17(14)5;1-3-7-4-5-8(2)6-7;/h6,9H,2-3,7-8,10-11H2,1,4-5H3;3-5H,6H2,1-2H3;/q+1;;. The summed E-state index contributed by atoms with van der Waals surface area (Å²) in [5.41, 5.74) is 4.54. The second-order valence-corrected chi connectivity index (χ2v) is 6.93. The zero-order chi connectivity index (χ0) is 19.7. The first-order valence-electron chi connectivity index (χ1n) is 9.12. The number of rotatable bonds is 5. The molecule has 0 bridgehead atoms. The largest absolute Gasteiger partial charge is 0.376 e. The molecule has 1 amide bonds. The molecule has 4 nitrogen and oxygen atoms in total. The van der Waals surface area contributed by atoms with Crippen molar-refractivity contribution in [1.82, 2.24) is 9.80 Å². The normalized spacial score (nSPS) is 19.5. The molecule has 0 N–H and O–H groups in total. The molecule has 0 aromatic rings. The third-order valence-electron chi connectivity index (χ3n) is 4.50. The van der Waals surface area contributed by atoms with E-state index in [1.54, 1.807) is 4.90 Å². The van der Waals surface area contributed by atoms with Gasteiger partial charge < -0.3 is 9.80 Å². The average molecular weight is 407 g/mol. The van der Waals surface area contributed by atoms with Gasteiger partial charge in [-0.25, -0.2) is 4.58 Å². The van der Waals surface area contributed by atoms with Crippen LogP contribution in [-0.4, -0.2) is 61.2 Å². The number of likely N-dealkylation sites (N-methyl/N-ethyl adjacent to an activating group) is 3. The van der Waals surface area contributed by atoms with Crippen LogP contribution < -0.4 is 0 Å². The summed E-state index contributed by atoms with van der Waals surface area (Å²) in [5.74, 6) is 0.0463. The molecule has 0 atom stereocenters. The minimum atomic E-state index is 0. The molecule has 0 aliphatic carbocycles. The number of nitrogens with zero attached hydrogens (tertiary/aromatic N) is 3. The Kier molecular flexibility index (Phi) is 11.8. The van der Waals surface area contributed by atoms with Crippen molar-refractivity contribution >= 4 is 12.6 Å². The Labute approximate surface area is 177 Å². The van der Waals surface area contributed by atoms with Gasteiger partial charge in [-0.15, -0.1) is 0 Å². The smallest absolute Gasteiger partial charge is 0.253 e. The Morgan fingerprint density at radius 2 is 2.00 bits per heavy atom. The fraction of sp³-hybridized carbons (Fsp3) is 0.455. The number of carbonyl (C=O) groups is 1. The van der Waals surface area contributed by atoms with Crippen LogP contribution in [0.4, 0.5) is 0 Å². The third-order valence-corrected chi connectivity index (χ3v) is 4.50. The maximum Gasteiger partial charge on any atom is 0.253 e. The van der Waals surface area contributed by atoms with Crippen molar-refractivity contribution in [3.63, 3.8) is 0 Å². The molecule has 1 radical (unpaired) electrons. The molecule has 27 heavy (non-hydrogen) atoms. The maximum atomic E-state index is 11.6. The Hall–Kier alpha value is -1.78. The van der Waals surface area contributed by atoms with E-state index in [9.17, 15) is 4.79 Å². The van der Waals surface area contributed by atoms with Crippen LogP contribution in [-0.2, 0) is 23.4 Å². The van der Waals surface area contributed by atoms with E-state index < -0.39 is 0 Å². The molecular formula is C22H34N3OV+. The van der Waals surface area contributed by atoms with Crippen LogP contribution in [0.2, 0.25) is 0 Å². The maximum absolute atomic E-state index is 11.6. The van der Waals surface area contributed by atoms with Crippen molar-refractivity contribution in [2.24, 2.45) is 0 Å². The molecule has 0 unspecified atom stereocenters. The molecule has 0 aromatic carbocycles. The van der Waals surface area contributed by atoms with E-state index in [-0.39, 0.29) is 24.5 Å². The van der Waals surface area contributed by atoms with Crippen LogP contribution in [0, 0.1) is 0 Å². The van der Waals surface area contributed by atoms with Crippen LogP contribution in [0.25, 0.3) is 0 Å². The number of amides is 1. The molecule has 1 fully saturated rings. The van der Waals surface area contributed by atoms with Crippen molar-refractivity contribution in [2.45, 2.75) is 33.1 Å². The molecule has 0 aromatic heterocycles. The van der Waals surface area contributed by atoms with Gasteiger partial charge in [0, 0.05) is 56.9 Å². The SMILES string of the molecule is C=C1CC(=CCCC(=CC)C[N+](=C)C)N(C)C1=O.CC=C1C=CN(C)C1.[V]. The van der Waals surface area contributed by atoms with Crippen molar-refractivity contribution < 1.29 is 27.9 Å². The number of carbonyl (C=O) groups excluding carboxylic acids is 1. The Bertz CT molecular complexity index is 671. The van der Waals surface area contributed by atoms with Crippen molar-refractivity contribution in [2.75, 3.05) is 34.2 Å². The second kappa shape index (κ2) is 12.6. The summed E-state index contributed by atoms with van der Waals surface area (Å²) in [6.45, 7) is 13.7. The van der Waals surface area contributed by atoms with Crippen LogP contribution in [0.5, 0.6) is 0 Å². The van der Waals surface area contributed by atoms with E-state index in [0.717, 1.165) is 31.6 Å². The Morgan fingerprint density at radius 1 is 1.33 bits per heavy atom. The van der Waals surface area contributed by atoms with Gasteiger partial charge in [0.2, 0.25) is 0 Å². The number of hydrogen-bond acceptors (Lipinski definition) is 2. The quantitative estimate of drug-likeness (QED) is 0.300. The van der Waals surface area contributed by atoms with Crippen LogP contribution >= 0.6 is 0 Å². The molecule has 2 rings (SSSR count). The van der Waals surface area contributed by atoms with Gasteiger partial charge in [0.15, 0.2) is 6.54 Å². The van der Waals surface area contributed by atoms with Crippen LogP contribution in [0.3, 0.4) is 0 Å². The van der Waals surface area contributed by atoms with Gasteiger partial charge in [0.05, 0.1) is 0 Å². The summed E-state index contributed by atoms with van der Waals surface area (Å²) in [5, 5.41) is 0. The van der Waals surface area contributed by atoms with Crippen LogP contribution in [0.1, 0.15) is 33.1 Å². The first-order chi connectivity index (χ1) is 12.3. The number of allylic oxidation sites excluding steroid dienone is 4. The number of hydrogen-bond donors (Lipinski definition) is 0. The van der Waals surface area contributed by atoms with Gasteiger partial charge in [-0.05, 0) is 50.1 Å². The zero-order valence-electron chi connectivity index (χ0n) is 17.5. The summed E-state index contributed by atoms with van der Waals surface area (Å²) in [7, 11) is 5.86. The molecule has 2 heterocycles. The summed E-state index contributed by atoms with van der Waals surface area (Å²) >= 11 is 0. The van der Waals surface area contributed by atoms with Gasteiger partial charge in [-0.1, -0.05) is 24.8 Å². The molecule has 2 aliphatic rings. The monoisotopic (exact) mass is 407 g/mol. The van der Waals surface area contributed by atoms with E-state index in [1.807, 2.05) is 18.7 Å². The van der Waals surface area contributed by atoms with Crippen molar-refractivity contribution in [1.29, 1.82) is 0 Å². The van der Waals surface area contributed by atoms with E-state index >= 15 is 0 Å². The molecule has 0 spiro atoms. The molecule has 0 saturated carbocycles. The first kappa shape index (κ1) is 25.2. The van der Waals surface area contributed by atoms with E-state index in [4.69, 9.17) is 0 Å². The Balaban J connectivity index is 0.000000629. The van der Waals surface area contributed by atoms with Gasteiger partial charge in [0.25, 0.3) is 5.91 Å². The Morgan fingerprint density at radius 3 is 2.37 bits per heavy atom. The van der Waals surface area contributed by atoms with E-state index in [0.29, 0.717) is 12.0 Å². The first-order valence-corrected chi connectivity index (χ1v) is 9.12. The minimum Gasteiger partial charge on any atom is -0.376 e. The minimum absolute atomic E-state index is 0. The zero-order valence-corrected chi connectivity index (χ0v) is 18.9. The third kappa shape index (κ3) is 8.63. The summed E-state index contributed by atoms with van der Waals surface area (Å²) in [6, 6.07) is 0. The predicted molar refractivity (Wildman–Crippen MR) is 111 cm³/mol. The molecule has 2 aliphatic heterocycles. The molecular weight excluding hydrogens is 373 g/mol. The van der Waals surface area contributed by atoms with E-state index in [1.165, 1.54) is 11.1 Å². The van der Waals surface area contributed by atoms with Gasteiger partial charge in [0.1, 0.15) is 13.8 Å². The molecule has 147 valence electrons. The van der Waals surface area contributed by atoms with Gasteiger partial charge in [-0.3, -0.25) is 4.79 Å². The number of likely N-dealkylation sites (tertiary alicyclic amines) is 1. The fourth-order valence-corrected chi connectivity index (χ4v) is 2.88. The summed E-state index contributed by atoms with van der Waals surface area (Å²) in [4.78, 5) is 15.4. The van der Waals surface area contributed by atoms with Crippen molar-refractivity contribution in [3.05, 3.63) is 59.5 Å².